The minimum atomic E-state index is -4.67. The normalized spacial score (nSPS) is 11.1. The smallest absolute Gasteiger partial charge is 0.372 e. The van der Waals surface area contributed by atoms with Crippen LogP contribution >= 0.6 is 0 Å². The van der Waals surface area contributed by atoms with Crippen LogP contribution in [0.25, 0.3) is 0 Å². The topological polar surface area (TPSA) is 153 Å². The van der Waals surface area contributed by atoms with E-state index >= 15 is 0 Å². The standard InChI is InChI=1S/C23H24FN3O3S.H2O4S/c1-3-27(4-2)19-13-11-18(12-14-19)25-23(28)21-7-5-6-8-22(21)26-31(29,30)20-15-9-17(24)10-16-20;1-5(2,3)4/h5-16,26H,3-4H2,1-2H3,(H,25,28);(H2,1,2,3,4). The van der Waals surface area contributed by atoms with Gasteiger partial charge in [-0.25, -0.2) is 12.8 Å². The van der Waals surface area contributed by atoms with Gasteiger partial charge in [0.15, 0.2) is 0 Å². The van der Waals surface area contributed by atoms with Gasteiger partial charge < -0.3 is 10.2 Å². The molecule has 0 unspecified atom stereocenters. The molecule has 0 atom stereocenters. The number of sulfonamides is 1. The van der Waals surface area contributed by atoms with E-state index < -0.39 is 32.1 Å². The lowest BCUT2D eigenvalue weighted by molar-refractivity contribution is 0.102. The molecule has 36 heavy (non-hydrogen) atoms. The molecule has 0 radical (unpaired) electrons. The summed E-state index contributed by atoms with van der Waals surface area (Å²) in [5.74, 6) is -0.987. The summed E-state index contributed by atoms with van der Waals surface area (Å²) in [6.07, 6.45) is 0. The Kier molecular flexibility index (Phi) is 9.93. The lowest BCUT2D eigenvalue weighted by atomic mass is 10.1. The molecule has 0 bridgehead atoms. The van der Waals surface area contributed by atoms with Crippen molar-refractivity contribution < 1.29 is 35.1 Å². The average Bonchev–Trinajstić information content (AvgIpc) is 2.80. The van der Waals surface area contributed by atoms with Crippen LogP contribution in [0.1, 0.15) is 24.2 Å². The van der Waals surface area contributed by atoms with Gasteiger partial charge in [-0.2, -0.15) is 8.42 Å². The fraction of sp³-hybridized carbons (Fsp3) is 0.174. The maximum Gasteiger partial charge on any atom is 0.394 e. The van der Waals surface area contributed by atoms with Gasteiger partial charge in [-0.1, -0.05) is 12.1 Å². The second-order valence-corrected chi connectivity index (χ2v) is 9.80. The molecule has 3 rings (SSSR count). The van der Waals surface area contributed by atoms with Crippen molar-refractivity contribution in [3.63, 3.8) is 0 Å². The summed E-state index contributed by atoms with van der Waals surface area (Å²) in [5.41, 5.74) is 1.94. The molecule has 3 aromatic rings. The van der Waals surface area contributed by atoms with Gasteiger partial charge in [0, 0.05) is 24.5 Å². The van der Waals surface area contributed by atoms with E-state index in [1.54, 1.807) is 24.3 Å². The predicted octanol–water partition coefficient (Wildman–Crippen LogP) is 4.07. The van der Waals surface area contributed by atoms with Crippen LogP contribution in [0.15, 0.2) is 77.7 Å². The minimum absolute atomic E-state index is 0.101. The molecule has 1 amide bonds. The van der Waals surface area contributed by atoms with Gasteiger partial charge in [0.2, 0.25) is 0 Å². The molecule has 0 aliphatic carbocycles. The lowest BCUT2D eigenvalue weighted by Gasteiger charge is -2.21. The number of anilines is 3. The Labute approximate surface area is 209 Å². The Bertz CT molecular complexity index is 1370. The quantitative estimate of drug-likeness (QED) is 0.313. The van der Waals surface area contributed by atoms with Crippen molar-refractivity contribution in [2.45, 2.75) is 18.7 Å². The first-order valence-corrected chi connectivity index (χ1v) is 13.5. The van der Waals surface area contributed by atoms with E-state index in [4.69, 9.17) is 17.5 Å². The Hall–Kier alpha value is -3.52. The highest BCUT2D eigenvalue weighted by Gasteiger charge is 2.19. The maximum atomic E-state index is 13.1. The number of benzene rings is 3. The highest BCUT2D eigenvalue weighted by atomic mass is 32.3. The summed E-state index contributed by atoms with van der Waals surface area (Å²) in [6.45, 7) is 5.90. The van der Waals surface area contributed by atoms with Gasteiger partial charge in [0.25, 0.3) is 15.9 Å². The highest BCUT2D eigenvalue weighted by molar-refractivity contribution is 7.92. The Balaban J connectivity index is 0.000000830. The van der Waals surface area contributed by atoms with Crippen molar-refractivity contribution in [3.8, 4) is 0 Å². The van der Waals surface area contributed by atoms with E-state index in [0.29, 0.717) is 5.69 Å². The van der Waals surface area contributed by atoms with Gasteiger partial charge in [0.1, 0.15) is 5.82 Å². The van der Waals surface area contributed by atoms with Crippen LogP contribution in [-0.4, -0.2) is 44.9 Å². The van der Waals surface area contributed by atoms with Crippen molar-refractivity contribution in [2.75, 3.05) is 28.0 Å². The van der Waals surface area contributed by atoms with Gasteiger partial charge in [-0.3, -0.25) is 18.6 Å². The van der Waals surface area contributed by atoms with Crippen molar-refractivity contribution in [3.05, 3.63) is 84.2 Å². The zero-order chi connectivity index (χ0) is 26.9. The summed E-state index contributed by atoms with van der Waals surface area (Å²) in [4.78, 5) is 14.9. The Morgan fingerprint density at radius 2 is 1.39 bits per heavy atom. The first-order valence-electron chi connectivity index (χ1n) is 10.6. The lowest BCUT2D eigenvalue weighted by Crippen LogP contribution is -2.21. The van der Waals surface area contributed by atoms with Crippen LogP contribution < -0.4 is 14.9 Å². The number of nitrogens with zero attached hydrogens (tertiary/aromatic N) is 1. The van der Waals surface area contributed by atoms with Crippen LogP contribution in [0.4, 0.5) is 21.5 Å². The molecular weight excluding hydrogens is 513 g/mol. The molecule has 0 aliphatic heterocycles. The molecule has 0 aromatic heterocycles. The highest BCUT2D eigenvalue weighted by Crippen LogP contribution is 2.23. The average molecular weight is 540 g/mol. The number of carbonyl (C=O) groups is 1. The van der Waals surface area contributed by atoms with E-state index in [2.05, 4.69) is 28.8 Å². The zero-order valence-corrected chi connectivity index (χ0v) is 21.1. The molecule has 0 fully saturated rings. The third kappa shape index (κ3) is 8.92. The summed E-state index contributed by atoms with van der Waals surface area (Å²) in [6, 6.07) is 18.2. The number of amides is 1. The van der Waals surface area contributed by atoms with Crippen LogP contribution in [0.5, 0.6) is 0 Å². The van der Waals surface area contributed by atoms with Crippen LogP contribution in [0, 0.1) is 5.82 Å². The van der Waals surface area contributed by atoms with E-state index in [-0.39, 0.29) is 16.1 Å². The van der Waals surface area contributed by atoms with Gasteiger partial charge >= 0.3 is 10.4 Å². The first kappa shape index (κ1) is 28.7. The van der Waals surface area contributed by atoms with Crippen molar-refractivity contribution in [2.24, 2.45) is 0 Å². The van der Waals surface area contributed by atoms with E-state index in [9.17, 15) is 17.6 Å². The monoisotopic (exact) mass is 539 g/mol. The molecule has 0 saturated heterocycles. The molecule has 10 nitrogen and oxygen atoms in total. The molecule has 13 heteroatoms. The Morgan fingerprint density at radius 1 is 0.861 bits per heavy atom. The molecule has 0 saturated carbocycles. The number of hydrogen-bond acceptors (Lipinski definition) is 6. The number of halogens is 1. The maximum absolute atomic E-state index is 13.1. The molecule has 194 valence electrons. The summed E-state index contributed by atoms with van der Waals surface area (Å²) < 4.78 is 72.4. The SMILES string of the molecule is CCN(CC)c1ccc(NC(=O)c2ccccc2NS(=O)(=O)c2ccc(F)cc2)cc1.O=S(=O)(O)O. The zero-order valence-electron chi connectivity index (χ0n) is 19.4. The molecule has 4 N–H and O–H groups in total. The number of para-hydroxylation sites is 1. The van der Waals surface area contributed by atoms with Crippen molar-refractivity contribution in [1.82, 2.24) is 0 Å². The van der Waals surface area contributed by atoms with E-state index in [1.807, 2.05) is 12.1 Å². The molecular formula is C23H26FN3O7S2. The number of rotatable bonds is 8. The number of carbonyl (C=O) groups excluding carboxylic acids is 1. The molecule has 0 aliphatic rings. The van der Waals surface area contributed by atoms with Crippen LogP contribution in [0.2, 0.25) is 0 Å². The predicted molar refractivity (Wildman–Crippen MR) is 136 cm³/mol. The van der Waals surface area contributed by atoms with Gasteiger partial charge in [0.05, 0.1) is 16.1 Å². The summed E-state index contributed by atoms with van der Waals surface area (Å²) in [5, 5.41) is 2.79. The fourth-order valence-corrected chi connectivity index (χ4v) is 4.21. The van der Waals surface area contributed by atoms with Gasteiger partial charge in [-0.15, -0.1) is 0 Å². The van der Waals surface area contributed by atoms with Crippen LogP contribution in [0.3, 0.4) is 0 Å². The van der Waals surface area contributed by atoms with E-state index in [1.165, 1.54) is 12.1 Å². The van der Waals surface area contributed by atoms with Crippen LogP contribution in [-0.2, 0) is 20.4 Å². The number of hydrogen-bond donors (Lipinski definition) is 4. The second-order valence-electron chi connectivity index (χ2n) is 7.23. The third-order valence-electron chi connectivity index (χ3n) is 4.79. The molecule has 3 aromatic carbocycles. The van der Waals surface area contributed by atoms with Gasteiger partial charge in [-0.05, 0) is 74.5 Å². The second kappa shape index (κ2) is 12.4. The van der Waals surface area contributed by atoms with Crippen molar-refractivity contribution in [1.29, 1.82) is 0 Å². The third-order valence-corrected chi connectivity index (χ3v) is 6.18. The molecule has 0 heterocycles. The summed E-state index contributed by atoms with van der Waals surface area (Å²) in [7, 11) is -8.65. The minimum Gasteiger partial charge on any atom is -0.372 e. The first-order chi connectivity index (χ1) is 16.8. The summed E-state index contributed by atoms with van der Waals surface area (Å²) >= 11 is 0. The number of nitrogens with one attached hydrogen (secondary N) is 2. The molecule has 0 spiro atoms. The fourth-order valence-electron chi connectivity index (χ4n) is 3.13. The Morgan fingerprint density at radius 3 is 1.92 bits per heavy atom. The van der Waals surface area contributed by atoms with E-state index in [0.717, 1.165) is 43.0 Å². The largest absolute Gasteiger partial charge is 0.394 e. The van der Waals surface area contributed by atoms with Crippen molar-refractivity contribution >= 4 is 43.4 Å².